The Bertz CT molecular complexity index is 394. The quantitative estimate of drug-likeness (QED) is 0.642. The summed E-state index contributed by atoms with van der Waals surface area (Å²) in [5.41, 5.74) is 1.64. The number of nitrogens with zero attached hydrogens (tertiary/aromatic N) is 3. The molecule has 0 fully saturated rings. The molecular weight excluding hydrogens is 154 g/mol. The van der Waals surface area contributed by atoms with E-state index in [0.29, 0.717) is 11.6 Å². The molecule has 4 nitrogen and oxygen atoms in total. The van der Waals surface area contributed by atoms with Crippen LogP contribution in [0.3, 0.4) is 0 Å². The average Bonchev–Trinajstić information content (AvgIpc) is 2.49. The number of hydrogen-bond acceptors (Lipinski definition) is 4. The summed E-state index contributed by atoms with van der Waals surface area (Å²) in [5, 5.41) is 12.3. The highest BCUT2D eigenvalue weighted by Gasteiger charge is 2.08. The van der Waals surface area contributed by atoms with Crippen LogP contribution in [-0.4, -0.2) is 15.4 Å². The molecule has 0 aliphatic carbocycles. The van der Waals surface area contributed by atoms with Crippen molar-refractivity contribution in [2.75, 3.05) is 0 Å². The topological polar surface area (TPSA) is 51.8 Å². The third kappa shape index (κ3) is 0.958. The zero-order valence-electron chi connectivity index (χ0n) is 6.98. The Balaban J connectivity index is 2.73. The molecule has 4 heteroatoms. The number of aromatic nitrogens is 3. The van der Waals surface area contributed by atoms with Gasteiger partial charge in [-0.2, -0.15) is 5.10 Å². The van der Waals surface area contributed by atoms with E-state index in [9.17, 15) is 0 Å². The van der Waals surface area contributed by atoms with Crippen molar-refractivity contribution < 1.29 is 4.52 Å². The molecule has 62 valence electrons. The Hall–Kier alpha value is -1.45. The van der Waals surface area contributed by atoms with Gasteiger partial charge in [0.2, 0.25) is 0 Å². The SMILES string of the molecule is CC(C)c1cnnc2oncc12. The number of fused-ring (bicyclic) bond motifs is 1. The molecular formula is C8H9N3O. The maximum Gasteiger partial charge on any atom is 0.276 e. The van der Waals surface area contributed by atoms with Crippen molar-refractivity contribution in [3.8, 4) is 0 Å². The lowest BCUT2D eigenvalue weighted by Crippen LogP contribution is -1.91. The highest BCUT2D eigenvalue weighted by atomic mass is 16.5. The molecule has 2 aromatic heterocycles. The second kappa shape index (κ2) is 2.55. The molecule has 0 saturated heterocycles. The Morgan fingerprint density at radius 3 is 2.92 bits per heavy atom. The summed E-state index contributed by atoms with van der Waals surface area (Å²) in [6.07, 6.45) is 3.43. The van der Waals surface area contributed by atoms with Crippen LogP contribution < -0.4 is 0 Å². The molecule has 0 unspecified atom stereocenters. The standard InChI is InChI=1S/C8H9N3O/c1-5(2)6-3-9-11-8-7(6)4-10-12-8/h3-5H,1-2H3. The second-order valence-electron chi connectivity index (χ2n) is 3.00. The van der Waals surface area contributed by atoms with E-state index in [2.05, 4.69) is 29.2 Å². The monoisotopic (exact) mass is 163 g/mol. The van der Waals surface area contributed by atoms with Crippen LogP contribution in [0.1, 0.15) is 25.3 Å². The van der Waals surface area contributed by atoms with Crippen LogP contribution >= 0.6 is 0 Å². The highest BCUT2D eigenvalue weighted by molar-refractivity contribution is 5.75. The third-order valence-corrected chi connectivity index (χ3v) is 1.83. The van der Waals surface area contributed by atoms with Crippen LogP contribution in [0.25, 0.3) is 11.1 Å². The van der Waals surface area contributed by atoms with Gasteiger partial charge in [-0.15, -0.1) is 5.10 Å². The van der Waals surface area contributed by atoms with Gasteiger partial charge in [-0.25, -0.2) is 0 Å². The van der Waals surface area contributed by atoms with Gasteiger partial charge in [-0.1, -0.05) is 19.0 Å². The average molecular weight is 163 g/mol. The molecule has 2 aromatic rings. The summed E-state index contributed by atoms with van der Waals surface area (Å²) < 4.78 is 4.89. The Kier molecular flexibility index (Phi) is 1.53. The molecule has 0 aromatic carbocycles. The molecule has 0 aliphatic heterocycles. The molecule has 0 radical (unpaired) electrons. The van der Waals surface area contributed by atoms with Crippen molar-refractivity contribution in [2.24, 2.45) is 0 Å². The number of rotatable bonds is 1. The Morgan fingerprint density at radius 2 is 2.17 bits per heavy atom. The molecule has 2 rings (SSSR count). The molecule has 0 N–H and O–H groups in total. The van der Waals surface area contributed by atoms with E-state index in [0.717, 1.165) is 10.9 Å². The van der Waals surface area contributed by atoms with Gasteiger partial charge in [0.1, 0.15) is 0 Å². The summed E-state index contributed by atoms with van der Waals surface area (Å²) in [6.45, 7) is 4.20. The maximum atomic E-state index is 4.89. The van der Waals surface area contributed by atoms with Gasteiger partial charge >= 0.3 is 0 Å². The smallest absolute Gasteiger partial charge is 0.276 e. The predicted molar refractivity (Wildman–Crippen MR) is 43.7 cm³/mol. The number of hydrogen-bond donors (Lipinski definition) is 0. The van der Waals surface area contributed by atoms with Crippen molar-refractivity contribution in [3.05, 3.63) is 18.0 Å². The normalized spacial score (nSPS) is 11.2. The molecule has 0 aliphatic rings. The first kappa shape index (κ1) is 7.21. The van der Waals surface area contributed by atoms with Gasteiger partial charge < -0.3 is 4.52 Å². The molecule has 2 heterocycles. The first-order valence-corrected chi connectivity index (χ1v) is 3.85. The van der Waals surface area contributed by atoms with Crippen molar-refractivity contribution in [1.29, 1.82) is 0 Å². The fourth-order valence-electron chi connectivity index (χ4n) is 1.18. The van der Waals surface area contributed by atoms with Crippen LogP contribution in [0.2, 0.25) is 0 Å². The lowest BCUT2D eigenvalue weighted by Gasteiger charge is -2.02. The van der Waals surface area contributed by atoms with Crippen LogP contribution in [-0.2, 0) is 0 Å². The van der Waals surface area contributed by atoms with E-state index >= 15 is 0 Å². The van der Waals surface area contributed by atoms with Crippen LogP contribution in [0.15, 0.2) is 16.9 Å². The van der Waals surface area contributed by atoms with Crippen LogP contribution in [0, 0.1) is 0 Å². The first-order valence-electron chi connectivity index (χ1n) is 3.85. The lowest BCUT2D eigenvalue weighted by atomic mass is 10.0. The largest absolute Gasteiger partial charge is 0.334 e. The zero-order chi connectivity index (χ0) is 8.55. The Morgan fingerprint density at radius 1 is 1.33 bits per heavy atom. The molecule has 0 bridgehead atoms. The van der Waals surface area contributed by atoms with Crippen molar-refractivity contribution in [1.82, 2.24) is 15.4 Å². The van der Waals surface area contributed by atoms with E-state index in [-0.39, 0.29) is 0 Å². The van der Waals surface area contributed by atoms with Crippen molar-refractivity contribution in [3.63, 3.8) is 0 Å². The zero-order valence-corrected chi connectivity index (χ0v) is 6.98. The van der Waals surface area contributed by atoms with E-state index < -0.39 is 0 Å². The van der Waals surface area contributed by atoms with Gasteiger partial charge in [0.25, 0.3) is 5.71 Å². The van der Waals surface area contributed by atoms with Crippen molar-refractivity contribution in [2.45, 2.75) is 19.8 Å². The van der Waals surface area contributed by atoms with Gasteiger partial charge in [0.15, 0.2) is 0 Å². The van der Waals surface area contributed by atoms with Crippen LogP contribution in [0.5, 0.6) is 0 Å². The molecule has 0 spiro atoms. The molecule has 12 heavy (non-hydrogen) atoms. The van der Waals surface area contributed by atoms with Gasteiger partial charge in [-0.3, -0.25) is 0 Å². The predicted octanol–water partition coefficient (Wildman–Crippen LogP) is 1.74. The summed E-state index contributed by atoms with van der Waals surface area (Å²) in [7, 11) is 0. The second-order valence-corrected chi connectivity index (χ2v) is 3.00. The van der Waals surface area contributed by atoms with Gasteiger partial charge in [-0.05, 0) is 11.5 Å². The lowest BCUT2D eigenvalue weighted by molar-refractivity contribution is 0.445. The van der Waals surface area contributed by atoms with E-state index in [4.69, 9.17) is 4.52 Å². The molecule has 0 amide bonds. The minimum absolute atomic E-state index is 0.419. The molecule has 0 saturated carbocycles. The van der Waals surface area contributed by atoms with Crippen molar-refractivity contribution >= 4 is 11.1 Å². The first-order chi connectivity index (χ1) is 5.79. The summed E-state index contributed by atoms with van der Waals surface area (Å²) >= 11 is 0. The summed E-state index contributed by atoms with van der Waals surface area (Å²) in [5.74, 6) is 0.419. The third-order valence-electron chi connectivity index (χ3n) is 1.83. The fourth-order valence-corrected chi connectivity index (χ4v) is 1.18. The van der Waals surface area contributed by atoms with E-state index in [1.807, 2.05) is 0 Å². The van der Waals surface area contributed by atoms with E-state index in [1.165, 1.54) is 0 Å². The minimum atomic E-state index is 0.419. The molecule has 0 atom stereocenters. The van der Waals surface area contributed by atoms with E-state index in [1.54, 1.807) is 12.4 Å². The van der Waals surface area contributed by atoms with Gasteiger partial charge in [0, 0.05) is 0 Å². The maximum absolute atomic E-state index is 4.89. The van der Waals surface area contributed by atoms with Crippen LogP contribution in [0.4, 0.5) is 0 Å². The Labute approximate surface area is 69.6 Å². The summed E-state index contributed by atoms with van der Waals surface area (Å²) in [4.78, 5) is 0. The summed E-state index contributed by atoms with van der Waals surface area (Å²) in [6, 6.07) is 0. The minimum Gasteiger partial charge on any atom is -0.334 e. The fraction of sp³-hybridized carbons (Fsp3) is 0.375. The highest BCUT2D eigenvalue weighted by Crippen LogP contribution is 2.21. The van der Waals surface area contributed by atoms with Gasteiger partial charge in [0.05, 0.1) is 17.8 Å².